The van der Waals surface area contributed by atoms with Crippen LogP contribution in [0.2, 0.25) is 0 Å². The molecule has 2 N–H and O–H groups in total. The number of rotatable bonds is 12. The van der Waals surface area contributed by atoms with E-state index in [0.717, 1.165) is 43.3 Å². The molecule has 3 saturated carbocycles. The lowest BCUT2D eigenvalue weighted by Crippen LogP contribution is -2.35. The lowest BCUT2D eigenvalue weighted by atomic mass is 9.61. The summed E-state index contributed by atoms with van der Waals surface area (Å²) in [5, 5.41) is 20.4. The quantitative estimate of drug-likeness (QED) is 0.137. The molecule has 3 rings (SSSR count). The molecule has 0 spiro atoms. The first-order valence-electron chi connectivity index (χ1n) is 15.5. The van der Waals surface area contributed by atoms with Crippen molar-refractivity contribution in [2.45, 2.75) is 123 Å². The molecule has 41 heavy (non-hydrogen) atoms. The fourth-order valence-corrected chi connectivity index (χ4v) is 9.74. The number of fused-ring (bicyclic) bond motifs is 1. The Kier molecular flexibility index (Phi) is 11.8. The molecular formula is C34H53O6P. The number of carbonyl (C=O) groups is 1. The molecule has 0 heterocycles. The van der Waals surface area contributed by atoms with E-state index < -0.39 is 25.5 Å². The van der Waals surface area contributed by atoms with Crippen molar-refractivity contribution < 1.29 is 28.6 Å². The third kappa shape index (κ3) is 8.09. The van der Waals surface area contributed by atoms with Gasteiger partial charge in [-0.2, -0.15) is 0 Å². The average Bonchev–Trinajstić information content (AvgIpc) is 3.23. The number of aliphatic hydroxyl groups excluding tert-OH is 2. The van der Waals surface area contributed by atoms with Crippen LogP contribution in [0.25, 0.3) is 0 Å². The Morgan fingerprint density at radius 3 is 2.39 bits per heavy atom. The molecule has 0 aromatic rings. The van der Waals surface area contributed by atoms with E-state index in [1.54, 1.807) is 39.8 Å². The summed E-state index contributed by atoms with van der Waals surface area (Å²) in [7, 11) is -3.70. The van der Waals surface area contributed by atoms with E-state index >= 15 is 0 Å². The second-order valence-electron chi connectivity index (χ2n) is 13.2. The van der Waals surface area contributed by atoms with E-state index in [9.17, 15) is 19.6 Å². The van der Waals surface area contributed by atoms with E-state index in [2.05, 4.69) is 39.2 Å². The zero-order valence-electron chi connectivity index (χ0n) is 26.1. The van der Waals surface area contributed by atoms with Crippen LogP contribution < -0.4 is 0 Å². The van der Waals surface area contributed by atoms with Gasteiger partial charge in [0.2, 0.25) is 0 Å². The molecule has 7 atom stereocenters. The number of allylic oxidation sites excluding steroid dienone is 6. The summed E-state index contributed by atoms with van der Waals surface area (Å²) >= 11 is 0. The Hall–Kier alpha value is -1.56. The monoisotopic (exact) mass is 588 g/mol. The maximum absolute atomic E-state index is 13.8. The molecule has 2 unspecified atom stereocenters. The molecule has 6 nitrogen and oxygen atoms in total. The molecule has 0 radical (unpaired) electrons. The van der Waals surface area contributed by atoms with Gasteiger partial charge in [0.25, 0.3) is 0 Å². The summed E-state index contributed by atoms with van der Waals surface area (Å²) in [4.78, 5) is 13.5. The number of hydrogen-bond donors (Lipinski definition) is 2. The van der Waals surface area contributed by atoms with Crippen LogP contribution in [0.15, 0.2) is 60.3 Å². The van der Waals surface area contributed by atoms with Gasteiger partial charge in [-0.25, -0.2) is 0 Å². The van der Waals surface area contributed by atoms with Crippen molar-refractivity contribution in [1.82, 2.24) is 0 Å². The predicted molar refractivity (Wildman–Crippen MR) is 167 cm³/mol. The lowest BCUT2D eigenvalue weighted by molar-refractivity contribution is -0.114. The number of carbonyl (C=O) groups excluding carboxylic acids is 1. The maximum atomic E-state index is 13.8. The van der Waals surface area contributed by atoms with Crippen LogP contribution in [0.1, 0.15) is 92.9 Å². The zero-order valence-corrected chi connectivity index (χ0v) is 26.9. The topological polar surface area (TPSA) is 93.1 Å². The first-order valence-corrected chi connectivity index (χ1v) is 17.1. The third-order valence-corrected chi connectivity index (χ3v) is 12.0. The summed E-state index contributed by atoms with van der Waals surface area (Å²) in [6.07, 6.45) is 14.2. The van der Waals surface area contributed by atoms with E-state index in [1.807, 2.05) is 6.08 Å². The van der Waals surface area contributed by atoms with Crippen LogP contribution in [-0.4, -0.2) is 46.1 Å². The first-order chi connectivity index (χ1) is 19.2. The van der Waals surface area contributed by atoms with Gasteiger partial charge >= 0.3 is 7.60 Å². The summed E-state index contributed by atoms with van der Waals surface area (Å²) < 4.78 is 25.3. The Morgan fingerprint density at radius 1 is 1.12 bits per heavy atom. The number of hydrogen-bond acceptors (Lipinski definition) is 6. The fraction of sp³-hybridized carbons (Fsp3) is 0.676. The highest BCUT2D eigenvalue weighted by Crippen LogP contribution is 2.60. The molecule has 7 heteroatoms. The van der Waals surface area contributed by atoms with Crippen LogP contribution >= 0.6 is 7.60 Å². The van der Waals surface area contributed by atoms with Crippen molar-refractivity contribution in [2.75, 3.05) is 0 Å². The summed E-state index contributed by atoms with van der Waals surface area (Å²) in [5.41, 5.74) is 2.30. The number of ketones is 1. The lowest BCUT2D eigenvalue weighted by Gasteiger charge is -2.44. The van der Waals surface area contributed by atoms with Gasteiger partial charge in [0.1, 0.15) is 5.66 Å². The Labute approximate surface area is 248 Å². The first kappa shape index (κ1) is 33.9. The molecule has 0 saturated heterocycles. The zero-order chi connectivity index (χ0) is 30.5. The van der Waals surface area contributed by atoms with Gasteiger partial charge in [-0.05, 0) is 113 Å². The Bertz CT molecular complexity index is 1090. The van der Waals surface area contributed by atoms with Gasteiger partial charge < -0.3 is 19.3 Å². The highest BCUT2D eigenvalue weighted by atomic mass is 31.2. The molecular weight excluding hydrogens is 535 g/mol. The van der Waals surface area contributed by atoms with E-state index in [0.29, 0.717) is 24.7 Å². The fourth-order valence-electron chi connectivity index (χ4n) is 7.42. The normalized spacial score (nSPS) is 32.7. The molecule has 3 aliphatic rings. The van der Waals surface area contributed by atoms with Crippen molar-refractivity contribution in [3.05, 3.63) is 60.3 Å². The summed E-state index contributed by atoms with van der Waals surface area (Å²) in [6, 6.07) is 0. The van der Waals surface area contributed by atoms with Gasteiger partial charge in [0, 0.05) is 6.42 Å². The standard InChI is InChI=1S/C34H53O6P/c1-9-11-33(41(38,39-22(2)3)40-23(4)5)31(36)18-13-24(6)29-16-17-30-26(12-10-19-34(29,30)8)14-15-27-20-28(35)21-32(37)25(27)7/h9,13-15,18,22-24,28-30,32-33,35,37H,1,7,10-12,16-17,19-21H2,2-6,8H3/b18-13+,26-14+,27-15-/t24-,28-,29-,30?,32+,33?,34-/m1/s1. The van der Waals surface area contributed by atoms with E-state index in [-0.39, 0.29) is 35.7 Å². The summed E-state index contributed by atoms with van der Waals surface area (Å²) in [6.45, 7) is 19.6. The average molecular weight is 589 g/mol. The largest absolute Gasteiger partial charge is 0.393 e. The van der Waals surface area contributed by atoms with Gasteiger partial charge in [0.15, 0.2) is 5.78 Å². The maximum Gasteiger partial charge on any atom is 0.342 e. The van der Waals surface area contributed by atoms with Gasteiger partial charge in [-0.3, -0.25) is 9.36 Å². The van der Waals surface area contributed by atoms with Crippen LogP contribution in [0.3, 0.4) is 0 Å². The molecule has 230 valence electrons. The minimum Gasteiger partial charge on any atom is -0.393 e. The SMILES string of the molecule is C=CCC(C(=O)/C=C/[C@@H](C)[C@H]1CCC2/C(=C/C=C3/C[C@@H](O)C[C@H](O)C3=C)CCC[C@@]21C)P(=O)(OC(C)C)OC(C)C. The third-order valence-electron chi connectivity index (χ3n) is 9.32. The molecule has 0 aliphatic heterocycles. The molecule has 0 bridgehead atoms. The Balaban J connectivity index is 1.78. The van der Waals surface area contributed by atoms with E-state index in [1.165, 1.54) is 5.57 Å². The second-order valence-corrected chi connectivity index (χ2v) is 15.3. The molecule has 0 aromatic carbocycles. The van der Waals surface area contributed by atoms with Crippen LogP contribution in [-0.2, 0) is 18.4 Å². The van der Waals surface area contributed by atoms with Crippen LogP contribution in [0.5, 0.6) is 0 Å². The molecule has 3 aliphatic carbocycles. The molecule has 0 amide bonds. The Morgan fingerprint density at radius 2 is 1.78 bits per heavy atom. The van der Waals surface area contributed by atoms with Crippen molar-refractivity contribution >= 4 is 13.4 Å². The highest BCUT2D eigenvalue weighted by molar-refractivity contribution is 7.55. The molecule has 3 fully saturated rings. The number of aliphatic hydroxyl groups is 2. The van der Waals surface area contributed by atoms with Crippen molar-refractivity contribution in [3.8, 4) is 0 Å². The van der Waals surface area contributed by atoms with Crippen LogP contribution in [0.4, 0.5) is 0 Å². The van der Waals surface area contributed by atoms with Crippen molar-refractivity contribution in [2.24, 2.45) is 23.2 Å². The minimum absolute atomic E-state index is 0.120. The smallest absolute Gasteiger partial charge is 0.342 e. The van der Waals surface area contributed by atoms with Crippen LogP contribution in [0, 0.1) is 23.2 Å². The van der Waals surface area contributed by atoms with Gasteiger partial charge in [0.05, 0.1) is 24.4 Å². The summed E-state index contributed by atoms with van der Waals surface area (Å²) in [5.74, 6) is 0.818. The highest BCUT2D eigenvalue weighted by Gasteiger charge is 2.50. The van der Waals surface area contributed by atoms with Crippen molar-refractivity contribution in [1.29, 1.82) is 0 Å². The van der Waals surface area contributed by atoms with E-state index in [4.69, 9.17) is 9.05 Å². The van der Waals surface area contributed by atoms with Crippen molar-refractivity contribution in [3.63, 3.8) is 0 Å². The predicted octanol–water partition coefficient (Wildman–Crippen LogP) is 7.88. The second kappa shape index (κ2) is 14.3. The van der Waals surface area contributed by atoms with Gasteiger partial charge in [-0.1, -0.05) is 50.3 Å². The van der Waals surface area contributed by atoms with Gasteiger partial charge in [-0.15, -0.1) is 6.58 Å². The minimum atomic E-state index is -3.70. The molecule has 0 aromatic heterocycles.